The van der Waals surface area contributed by atoms with Crippen LogP contribution in [0, 0.1) is 6.92 Å². The van der Waals surface area contributed by atoms with E-state index in [0.717, 1.165) is 11.1 Å². The van der Waals surface area contributed by atoms with E-state index in [1.807, 2.05) is 46.8 Å². The van der Waals surface area contributed by atoms with Crippen molar-refractivity contribution in [2.75, 3.05) is 7.11 Å². The SMILES string of the molecule is COc1c(C)ccc2[nH]cc(C(=O)C(=O)N(C(C)C)C(C)C)c12. The van der Waals surface area contributed by atoms with E-state index in [0.29, 0.717) is 16.7 Å². The molecule has 2 rings (SSSR count). The van der Waals surface area contributed by atoms with E-state index >= 15 is 0 Å². The molecule has 1 heterocycles. The number of fused-ring (bicyclic) bond motifs is 1. The average molecular weight is 316 g/mol. The number of ether oxygens (including phenoxy) is 1. The maximum Gasteiger partial charge on any atom is 0.295 e. The van der Waals surface area contributed by atoms with Gasteiger partial charge in [0.05, 0.1) is 18.1 Å². The van der Waals surface area contributed by atoms with Crippen LogP contribution in [0.3, 0.4) is 0 Å². The Morgan fingerprint density at radius 2 is 1.74 bits per heavy atom. The highest BCUT2D eigenvalue weighted by Crippen LogP contribution is 2.32. The lowest BCUT2D eigenvalue weighted by Gasteiger charge is -2.30. The van der Waals surface area contributed by atoms with Crippen LogP contribution in [0.1, 0.15) is 43.6 Å². The Balaban J connectivity index is 2.54. The van der Waals surface area contributed by atoms with Gasteiger partial charge in [-0.2, -0.15) is 0 Å². The molecule has 0 saturated carbocycles. The fraction of sp³-hybridized carbons (Fsp3) is 0.444. The van der Waals surface area contributed by atoms with Crippen LogP contribution in [0.15, 0.2) is 18.3 Å². The highest BCUT2D eigenvalue weighted by atomic mass is 16.5. The smallest absolute Gasteiger partial charge is 0.295 e. The molecule has 1 aromatic heterocycles. The van der Waals surface area contributed by atoms with E-state index in [-0.39, 0.29) is 12.1 Å². The molecule has 0 spiro atoms. The normalized spacial score (nSPS) is 11.3. The zero-order valence-corrected chi connectivity index (χ0v) is 14.6. The number of aromatic amines is 1. The average Bonchev–Trinajstić information content (AvgIpc) is 2.89. The Kier molecular flexibility index (Phi) is 4.78. The number of methoxy groups -OCH3 is 1. The van der Waals surface area contributed by atoms with Crippen molar-refractivity contribution in [1.29, 1.82) is 0 Å². The number of benzene rings is 1. The second-order valence-electron chi connectivity index (χ2n) is 6.27. The van der Waals surface area contributed by atoms with Gasteiger partial charge in [0.2, 0.25) is 0 Å². The molecule has 5 nitrogen and oxygen atoms in total. The number of aromatic nitrogens is 1. The lowest BCUT2D eigenvalue weighted by atomic mass is 10.0. The molecular formula is C18H24N2O3. The zero-order valence-electron chi connectivity index (χ0n) is 14.6. The van der Waals surface area contributed by atoms with Crippen LogP contribution in [-0.2, 0) is 4.79 Å². The number of nitrogens with one attached hydrogen (secondary N) is 1. The molecule has 2 aromatic rings. The van der Waals surface area contributed by atoms with E-state index in [9.17, 15) is 9.59 Å². The van der Waals surface area contributed by atoms with E-state index in [4.69, 9.17) is 4.74 Å². The summed E-state index contributed by atoms with van der Waals surface area (Å²) < 4.78 is 5.45. The van der Waals surface area contributed by atoms with Crippen molar-refractivity contribution >= 4 is 22.6 Å². The summed E-state index contributed by atoms with van der Waals surface area (Å²) >= 11 is 0. The number of amides is 1. The number of nitrogens with zero attached hydrogens (tertiary/aromatic N) is 1. The van der Waals surface area contributed by atoms with Gasteiger partial charge >= 0.3 is 0 Å². The van der Waals surface area contributed by atoms with Gasteiger partial charge in [-0.25, -0.2) is 0 Å². The molecule has 0 bridgehead atoms. The Labute approximate surface area is 136 Å². The quantitative estimate of drug-likeness (QED) is 0.680. The predicted octanol–water partition coefficient (Wildman–Crippen LogP) is 3.31. The number of hydrogen-bond donors (Lipinski definition) is 1. The second kappa shape index (κ2) is 6.44. The third kappa shape index (κ3) is 2.96. The fourth-order valence-corrected chi connectivity index (χ4v) is 3.04. The van der Waals surface area contributed by atoms with Crippen molar-refractivity contribution in [3.8, 4) is 5.75 Å². The highest BCUT2D eigenvalue weighted by Gasteiger charge is 2.29. The molecule has 0 fully saturated rings. The molecule has 0 unspecified atom stereocenters. The van der Waals surface area contributed by atoms with Gasteiger partial charge in [0, 0.05) is 23.8 Å². The summed E-state index contributed by atoms with van der Waals surface area (Å²) in [6, 6.07) is 3.72. The number of ketones is 1. The molecule has 1 amide bonds. The van der Waals surface area contributed by atoms with Crippen molar-refractivity contribution in [2.45, 2.75) is 46.7 Å². The van der Waals surface area contributed by atoms with Gasteiger partial charge in [-0.15, -0.1) is 0 Å². The predicted molar refractivity (Wildman–Crippen MR) is 91.0 cm³/mol. The van der Waals surface area contributed by atoms with Crippen molar-refractivity contribution < 1.29 is 14.3 Å². The van der Waals surface area contributed by atoms with E-state index in [1.54, 1.807) is 18.2 Å². The third-order valence-corrected chi connectivity index (χ3v) is 3.99. The van der Waals surface area contributed by atoms with Crippen molar-refractivity contribution in [2.24, 2.45) is 0 Å². The van der Waals surface area contributed by atoms with Crippen LogP contribution in [0.2, 0.25) is 0 Å². The monoisotopic (exact) mass is 316 g/mol. The van der Waals surface area contributed by atoms with Crippen LogP contribution in [0.5, 0.6) is 5.75 Å². The molecular weight excluding hydrogens is 292 g/mol. The first-order chi connectivity index (χ1) is 10.8. The van der Waals surface area contributed by atoms with Crippen LogP contribution in [-0.4, -0.2) is 40.8 Å². The minimum atomic E-state index is -0.512. The van der Waals surface area contributed by atoms with Crippen LogP contribution in [0.25, 0.3) is 10.9 Å². The van der Waals surface area contributed by atoms with Crippen molar-refractivity contribution in [3.63, 3.8) is 0 Å². The minimum absolute atomic E-state index is 0.0414. The molecule has 23 heavy (non-hydrogen) atoms. The second-order valence-corrected chi connectivity index (χ2v) is 6.27. The van der Waals surface area contributed by atoms with Gasteiger partial charge in [-0.05, 0) is 46.2 Å². The van der Waals surface area contributed by atoms with Gasteiger partial charge in [0.25, 0.3) is 11.7 Å². The Bertz CT molecular complexity index is 736. The largest absolute Gasteiger partial charge is 0.496 e. The molecule has 1 N–H and O–H groups in total. The Hall–Kier alpha value is -2.30. The Morgan fingerprint density at radius 3 is 2.26 bits per heavy atom. The van der Waals surface area contributed by atoms with Gasteiger partial charge in [-0.1, -0.05) is 6.07 Å². The molecule has 0 aliphatic heterocycles. The van der Waals surface area contributed by atoms with Gasteiger partial charge in [0.15, 0.2) is 0 Å². The number of H-pyrrole nitrogens is 1. The summed E-state index contributed by atoms with van der Waals surface area (Å²) in [4.78, 5) is 30.1. The van der Waals surface area contributed by atoms with E-state index < -0.39 is 11.7 Å². The van der Waals surface area contributed by atoms with Crippen LogP contribution in [0.4, 0.5) is 0 Å². The molecule has 0 aliphatic carbocycles. The number of carbonyl (C=O) groups excluding carboxylic acids is 2. The van der Waals surface area contributed by atoms with Crippen LogP contribution >= 0.6 is 0 Å². The molecule has 0 radical (unpaired) electrons. The summed E-state index contributed by atoms with van der Waals surface area (Å²) in [5.74, 6) is -0.373. The molecule has 0 atom stereocenters. The Morgan fingerprint density at radius 1 is 1.13 bits per heavy atom. The standard InChI is InChI=1S/C18H24N2O3/c1-10(2)20(11(3)4)18(22)16(21)13-9-19-14-8-7-12(5)17(23-6)15(13)14/h7-11,19H,1-6H3. The minimum Gasteiger partial charge on any atom is -0.496 e. The van der Waals surface area contributed by atoms with Gasteiger partial charge < -0.3 is 14.6 Å². The fourth-order valence-electron chi connectivity index (χ4n) is 3.04. The summed E-state index contributed by atoms with van der Waals surface area (Å²) in [7, 11) is 1.57. The summed E-state index contributed by atoms with van der Waals surface area (Å²) in [5, 5.41) is 0.665. The maximum atomic E-state index is 12.8. The number of rotatable bonds is 5. The first-order valence-corrected chi connectivity index (χ1v) is 7.81. The van der Waals surface area contributed by atoms with Crippen molar-refractivity contribution in [1.82, 2.24) is 9.88 Å². The maximum absolute atomic E-state index is 12.8. The molecule has 0 saturated heterocycles. The topological polar surface area (TPSA) is 62.4 Å². The first kappa shape index (κ1) is 17.1. The summed E-state index contributed by atoms with van der Waals surface area (Å²) in [6.45, 7) is 9.54. The lowest BCUT2D eigenvalue weighted by molar-refractivity contribution is -0.129. The molecule has 124 valence electrons. The van der Waals surface area contributed by atoms with E-state index in [2.05, 4.69) is 4.98 Å². The molecule has 1 aromatic carbocycles. The number of hydrogen-bond acceptors (Lipinski definition) is 3. The summed E-state index contributed by atoms with van der Waals surface area (Å²) in [5.41, 5.74) is 2.06. The molecule has 5 heteroatoms. The highest BCUT2D eigenvalue weighted by molar-refractivity contribution is 6.45. The van der Waals surface area contributed by atoms with Gasteiger partial charge in [0.1, 0.15) is 5.75 Å². The first-order valence-electron chi connectivity index (χ1n) is 7.81. The molecule has 0 aliphatic rings. The van der Waals surface area contributed by atoms with Gasteiger partial charge in [-0.3, -0.25) is 9.59 Å². The number of aryl methyl sites for hydroxylation is 1. The summed E-state index contributed by atoms with van der Waals surface area (Å²) in [6.07, 6.45) is 1.59. The lowest BCUT2D eigenvalue weighted by Crippen LogP contribution is -2.45. The third-order valence-electron chi connectivity index (χ3n) is 3.99. The van der Waals surface area contributed by atoms with E-state index in [1.165, 1.54) is 0 Å². The van der Waals surface area contributed by atoms with Crippen molar-refractivity contribution in [3.05, 3.63) is 29.5 Å². The van der Waals surface area contributed by atoms with Crippen LogP contribution < -0.4 is 4.74 Å². The zero-order chi connectivity index (χ0) is 17.3. The number of Topliss-reactive ketones (excluding diaryl/α,β-unsaturated/α-hetero) is 1. The number of carbonyl (C=O) groups is 2.